The number of hydrogen-bond acceptors (Lipinski definition) is 2. The first kappa shape index (κ1) is 8.26. The molecule has 3 N–H and O–H groups in total. The second-order valence-corrected chi connectivity index (χ2v) is 3.00. The van der Waals surface area contributed by atoms with Crippen molar-refractivity contribution < 1.29 is 4.79 Å². The molecular formula is C6H8BrN3O. The van der Waals surface area contributed by atoms with Crippen LogP contribution in [0.5, 0.6) is 0 Å². The number of nitrogens with two attached hydrogens (primary N) is 1. The summed E-state index contributed by atoms with van der Waals surface area (Å²) in [7, 11) is 0. The lowest BCUT2D eigenvalue weighted by molar-refractivity contribution is -0.118. The van der Waals surface area contributed by atoms with Gasteiger partial charge in [0.25, 0.3) is 0 Å². The molecule has 0 aliphatic heterocycles. The number of primary amides is 1. The summed E-state index contributed by atoms with van der Waals surface area (Å²) in [5, 5.41) is 0. The van der Waals surface area contributed by atoms with Gasteiger partial charge in [-0.3, -0.25) is 4.79 Å². The number of aryl methyl sites for hydroxylation is 1. The Hall–Kier alpha value is -0.840. The number of nitrogens with zero attached hydrogens (tertiary/aromatic N) is 1. The lowest BCUT2D eigenvalue weighted by Crippen LogP contribution is -2.11. The Morgan fingerprint density at radius 3 is 3.00 bits per heavy atom. The van der Waals surface area contributed by atoms with Crippen molar-refractivity contribution in [3.05, 3.63) is 16.6 Å². The average molecular weight is 218 g/mol. The van der Waals surface area contributed by atoms with Crippen molar-refractivity contribution in [2.75, 3.05) is 0 Å². The summed E-state index contributed by atoms with van der Waals surface area (Å²) < 4.78 is 0.817. The number of carbonyl (C=O) groups excluding carboxylic acids is 1. The van der Waals surface area contributed by atoms with Gasteiger partial charge in [-0.1, -0.05) is 0 Å². The molecular weight excluding hydrogens is 210 g/mol. The summed E-state index contributed by atoms with van der Waals surface area (Å²) >= 11 is 3.20. The number of amides is 1. The van der Waals surface area contributed by atoms with E-state index in [1.165, 1.54) is 0 Å². The van der Waals surface area contributed by atoms with Crippen LogP contribution in [0, 0.1) is 0 Å². The van der Waals surface area contributed by atoms with E-state index >= 15 is 0 Å². The molecule has 11 heavy (non-hydrogen) atoms. The zero-order chi connectivity index (χ0) is 8.27. The molecule has 1 rings (SSSR count). The van der Waals surface area contributed by atoms with Gasteiger partial charge >= 0.3 is 0 Å². The van der Waals surface area contributed by atoms with Gasteiger partial charge in [0.2, 0.25) is 5.91 Å². The minimum absolute atomic E-state index is 0.308. The predicted molar refractivity (Wildman–Crippen MR) is 43.8 cm³/mol. The van der Waals surface area contributed by atoms with Gasteiger partial charge < -0.3 is 10.7 Å². The smallest absolute Gasteiger partial charge is 0.217 e. The topological polar surface area (TPSA) is 71.8 Å². The summed E-state index contributed by atoms with van der Waals surface area (Å²) in [5.41, 5.74) is 4.95. The highest BCUT2D eigenvalue weighted by Gasteiger charge is 1.99. The van der Waals surface area contributed by atoms with Gasteiger partial charge in [0, 0.05) is 12.8 Å². The van der Waals surface area contributed by atoms with Crippen LogP contribution in [0.3, 0.4) is 0 Å². The molecule has 1 aromatic heterocycles. The van der Waals surface area contributed by atoms with Crippen LogP contribution in [-0.4, -0.2) is 15.9 Å². The van der Waals surface area contributed by atoms with Gasteiger partial charge in [-0.05, 0) is 15.9 Å². The number of carbonyl (C=O) groups is 1. The molecule has 0 unspecified atom stereocenters. The SMILES string of the molecule is NC(=O)CCc1ncc(Br)[nH]1. The molecule has 0 saturated heterocycles. The van der Waals surface area contributed by atoms with E-state index in [-0.39, 0.29) is 5.91 Å². The fourth-order valence-electron chi connectivity index (χ4n) is 0.706. The third kappa shape index (κ3) is 2.71. The summed E-state index contributed by atoms with van der Waals surface area (Å²) in [6.07, 6.45) is 2.55. The van der Waals surface area contributed by atoms with E-state index in [1.54, 1.807) is 6.20 Å². The highest BCUT2D eigenvalue weighted by atomic mass is 79.9. The molecule has 0 atom stereocenters. The molecule has 0 spiro atoms. The fourth-order valence-corrected chi connectivity index (χ4v) is 1.04. The second kappa shape index (κ2) is 3.52. The zero-order valence-electron chi connectivity index (χ0n) is 5.80. The Morgan fingerprint density at radius 2 is 2.55 bits per heavy atom. The first-order valence-electron chi connectivity index (χ1n) is 3.16. The number of halogens is 1. The highest BCUT2D eigenvalue weighted by Crippen LogP contribution is 2.05. The largest absolute Gasteiger partial charge is 0.370 e. The van der Waals surface area contributed by atoms with E-state index in [1.807, 2.05) is 0 Å². The average Bonchev–Trinajstić information content (AvgIpc) is 2.31. The molecule has 5 heteroatoms. The van der Waals surface area contributed by atoms with Crippen molar-refractivity contribution >= 4 is 21.8 Å². The molecule has 60 valence electrons. The Balaban J connectivity index is 2.45. The molecule has 1 heterocycles. The maximum absolute atomic E-state index is 10.3. The molecule has 0 aliphatic rings. The quantitative estimate of drug-likeness (QED) is 0.779. The zero-order valence-corrected chi connectivity index (χ0v) is 7.39. The second-order valence-electron chi connectivity index (χ2n) is 2.14. The van der Waals surface area contributed by atoms with E-state index in [2.05, 4.69) is 25.9 Å². The van der Waals surface area contributed by atoms with Crippen molar-refractivity contribution in [3.63, 3.8) is 0 Å². The van der Waals surface area contributed by atoms with E-state index < -0.39 is 0 Å². The lowest BCUT2D eigenvalue weighted by atomic mass is 10.3. The van der Waals surface area contributed by atoms with Crippen LogP contribution in [-0.2, 0) is 11.2 Å². The molecule has 0 fully saturated rings. The van der Waals surface area contributed by atoms with Crippen LogP contribution in [0.2, 0.25) is 0 Å². The Labute approximate surface area is 72.3 Å². The van der Waals surface area contributed by atoms with Gasteiger partial charge in [0.05, 0.1) is 6.20 Å². The molecule has 0 radical (unpaired) electrons. The van der Waals surface area contributed by atoms with Gasteiger partial charge in [-0.25, -0.2) is 4.98 Å². The van der Waals surface area contributed by atoms with E-state index in [0.717, 1.165) is 10.4 Å². The lowest BCUT2D eigenvalue weighted by Gasteiger charge is -1.90. The van der Waals surface area contributed by atoms with E-state index in [4.69, 9.17) is 5.73 Å². The van der Waals surface area contributed by atoms with Crippen molar-refractivity contribution in [3.8, 4) is 0 Å². The molecule has 4 nitrogen and oxygen atoms in total. The van der Waals surface area contributed by atoms with E-state index in [9.17, 15) is 4.79 Å². The standard InChI is InChI=1S/C6H8BrN3O/c7-4-3-9-6(10-4)2-1-5(8)11/h3H,1-2H2,(H2,8,11)(H,9,10). The number of nitrogens with one attached hydrogen (secondary N) is 1. The monoisotopic (exact) mass is 217 g/mol. The van der Waals surface area contributed by atoms with Crippen molar-refractivity contribution in [1.82, 2.24) is 9.97 Å². The van der Waals surface area contributed by atoms with Crippen molar-refractivity contribution in [1.29, 1.82) is 0 Å². The molecule has 1 aromatic rings. The summed E-state index contributed by atoms with van der Waals surface area (Å²) in [6.45, 7) is 0. The van der Waals surface area contributed by atoms with Crippen LogP contribution in [0.4, 0.5) is 0 Å². The van der Waals surface area contributed by atoms with Crippen LogP contribution in [0.1, 0.15) is 12.2 Å². The number of H-pyrrole nitrogens is 1. The van der Waals surface area contributed by atoms with Crippen LogP contribution >= 0.6 is 15.9 Å². The van der Waals surface area contributed by atoms with Gasteiger partial charge in [0.1, 0.15) is 10.4 Å². The number of rotatable bonds is 3. The van der Waals surface area contributed by atoms with Gasteiger partial charge in [-0.15, -0.1) is 0 Å². The van der Waals surface area contributed by atoms with Crippen molar-refractivity contribution in [2.45, 2.75) is 12.8 Å². The molecule has 1 amide bonds. The molecule has 0 bridgehead atoms. The number of aromatic amines is 1. The van der Waals surface area contributed by atoms with Crippen molar-refractivity contribution in [2.24, 2.45) is 5.73 Å². The van der Waals surface area contributed by atoms with Crippen LogP contribution in [0.15, 0.2) is 10.8 Å². The van der Waals surface area contributed by atoms with E-state index in [0.29, 0.717) is 12.8 Å². The Morgan fingerprint density at radius 1 is 1.82 bits per heavy atom. The first-order valence-corrected chi connectivity index (χ1v) is 3.95. The fraction of sp³-hybridized carbons (Fsp3) is 0.333. The van der Waals surface area contributed by atoms with Crippen LogP contribution in [0.25, 0.3) is 0 Å². The maximum atomic E-state index is 10.3. The molecule has 0 saturated carbocycles. The van der Waals surface area contributed by atoms with Gasteiger partial charge in [-0.2, -0.15) is 0 Å². The van der Waals surface area contributed by atoms with Gasteiger partial charge in [0.15, 0.2) is 0 Å². The van der Waals surface area contributed by atoms with Crippen LogP contribution < -0.4 is 5.73 Å². The third-order valence-electron chi connectivity index (χ3n) is 1.21. The third-order valence-corrected chi connectivity index (χ3v) is 1.61. The minimum Gasteiger partial charge on any atom is -0.370 e. The predicted octanol–water partition coefficient (Wildman–Crippen LogP) is 0.590. The summed E-state index contributed by atoms with van der Waals surface area (Å²) in [6, 6.07) is 0. The first-order chi connectivity index (χ1) is 5.18. The number of aromatic nitrogens is 2. The number of hydrogen-bond donors (Lipinski definition) is 2. The molecule has 0 aromatic carbocycles. The molecule has 0 aliphatic carbocycles. The Bertz CT molecular complexity index is 258. The maximum Gasteiger partial charge on any atom is 0.217 e. The highest BCUT2D eigenvalue weighted by molar-refractivity contribution is 9.10. The number of imidazole rings is 1. The summed E-state index contributed by atoms with van der Waals surface area (Å²) in [5.74, 6) is 0.466. The summed E-state index contributed by atoms with van der Waals surface area (Å²) in [4.78, 5) is 17.3. The minimum atomic E-state index is -0.308. The Kier molecular flexibility index (Phi) is 2.64. The normalized spacial score (nSPS) is 9.91.